The number of anilines is 1. The summed E-state index contributed by atoms with van der Waals surface area (Å²) in [5, 5.41) is 8.41. The Hall–Kier alpha value is -2.55. The lowest BCUT2D eigenvalue weighted by atomic mass is 10.3. The number of carbonyl (C=O) groups excluding carboxylic acids is 1. The zero-order valence-corrected chi connectivity index (χ0v) is 13.9. The molecule has 0 unspecified atom stereocenters. The van der Waals surface area contributed by atoms with Crippen molar-refractivity contribution in [2.45, 2.75) is 26.1 Å². The fraction of sp³-hybridized carbons (Fsp3) is 0.533. The number of aromatic nitrogens is 5. The van der Waals surface area contributed by atoms with Crippen LogP contribution in [-0.2, 0) is 29.2 Å². The van der Waals surface area contributed by atoms with E-state index in [1.54, 1.807) is 32.6 Å². The molecule has 0 fully saturated rings. The van der Waals surface area contributed by atoms with Gasteiger partial charge in [-0.15, -0.1) is 5.10 Å². The minimum absolute atomic E-state index is 0.0326. The predicted octanol–water partition coefficient (Wildman–Crippen LogP) is 0.0832. The van der Waals surface area contributed by atoms with Gasteiger partial charge in [-0.25, -0.2) is 14.6 Å². The van der Waals surface area contributed by atoms with Crippen molar-refractivity contribution in [3.8, 4) is 0 Å². The van der Waals surface area contributed by atoms with Crippen LogP contribution in [-0.4, -0.2) is 63.0 Å². The van der Waals surface area contributed by atoms with Gasteiger partial charge < -0.3 is 14.5 Å². The van der Waals surface area contributed by atoms with Gasteiger partial charge in [0.15, 0.2) is 0 Å². The highest BCUT2D eigenvalue weighted by molar-refractivity contribution is 5.76. The Bertz CT molecular complexity index is 686. The number of fused-ring (bicyclic) bond motifs is 1. The van der Waals surface area contributed by atoms with E-state index in [1.807, 2.05) is 4.68 Å². The molecule has 1 aliphatic rings. The third-order valence-electron chi connectivity index (χ3n) is 3.85. The van der Waals surface area contributed by atoms with E-state index in [-0.39, 0.29) is 19.1 Å². The summed E-state index contributed by atoms with van der Waals surface area (Å²) in [5.74, 6) is 0.620. The van der Waals surface area contributed by atoms with Gasteiger partial charge in [-0.1, -0.05) is 5.21 Å². The molecule has 2 aromatic rings. The second kappa shape index (κ2) is 7.35. The fourth-order valence-electron chi connectivity index (χ4n) is 2.49. The summed E-state index contributed by atoms with van der Waals surface area (Å²) < 4.78 is 7.39. The fourth-order valence-corrected chi connectivity index (χ4v) is 2.49. The smallest absolute Gasteiger partial charge is 0.248 e. The molecular formula is C15H21N7O2. The lowest BCUT2D eigenvalue weighted by Crippen LogP contribution is -2.27. The number of carbonyl (C=O) groups is 1. The van der Waals surface area contributed by atoms with Crippen molar-refractivity contribution in [3.05, 3.63) is 29.8 Å². The summed E-state index contributed by atoms with van der Waals surface area (Å²) >= 11 is 0. The average Bonchev–Trinajstić information content (AvgIpc) is 2.84. The summed E-state index contributed by atoms with van der Waals surface area (Å²) in [6, 6.07) is 1.80. The van der Waals surface area contributed by atoms with E-state index in [2.05, 4.69) is 25.2 Å². The Morgan fingerprint density at radius 1 is 1.29 bits per heavy atom. The maximum Gasteiger partial charge on any atom is 0.248 e. The van der Waals surface area contributed by atoms with Crippen molar-refractivity contribution in [1.29, 1.82) is 0 Å². The Morgan fingerprint density at radius 3 is 2.83 bits per heavy atom. The van der Waals surface area contributed by atoms with E-state index < -0.39 is 0 Å². The van der Waals surface area contributed by atoms with Gasteiger partial charge in [-0.2, -0.15) is 0 Å². The van der Waals surface area contributed by atoms with E-state index in [4.69, 9.17) is 4.74 Å². The van der Waals surface area contributed by atoms with Gasteiger partial charge in [0.25, 0.3) is 0 Å². The summed E-state index contributed by atoms with van der Waals surface area (Å²) in [6.07, 6.45) is 4.41. The Labute approximate surface area is 140 Å². The van der Waals surface area contributed by atoms with E-state index in [1.165, 1.54) is 4.90 Å². The van der Waals surface area contributed by atoms with Gasteiger partial charge in [-0.05, 0) is 12.5 Å². The summed E-state index contributed by atoms with van der Waals surface area (Å²) in [5.41, 5.74) is 1.74. The van der Waals surface area contributed by atoms with Crippen LogP contribution < -0.4 is 4.90 Å². The molecule has 2 aromatic heterocycles. The second-order valence-electron chi connectivity index (χ2n) is 5.81. The number of hydrogen-bond donors (Lipinski definition) is 0. The predicted molar refractivity (Wildman–Crippen MR) is 86.1 cm³/mol. The van der Waals surface area contributed by atoms with E-state index in [0.717, 1.165) is 30.9 Å². The molecule has 0 bridgehead atoms. The van der Waals surface area contributed by atoms with Crippen LogP contribution in [0, 0.1) is 0 Å². The first kappa shape index (κ1) is 16.3. The van der Waals surface area contributed by atoms with Gasteiger partial charge in [0, 0.05) is 39.6 Å². The van der Waals surface area contributed by atoms with Crippen molar-refractivity contribution < 1.29 is 9.53 Å². The highest BCUT2D eigenvalue weighted by Crippen LogP contribution is 2.18. The maximum atomic E-state index is 11.6. The molecule has 24 heavy (non-hydrogen) atoms. The van der Waals surface area contributed by atoms with Crippen LogP contribution in [0.1, 0.15) is 17.8 Å². The lowest BCUT2D eigenvalue weighted by molar-refractivity contribution is -0.134. The van der Waals surface area contributed by atoms with Gasteiger partial charge in [0.05, 0.1) is 18.8 Å². The van der Waals surface area contributed by atoms with Crippen LogP contribution in [0.2, 0.25) is 0 Å². The Kier molecular flexibility index (Phi) is 4.99. The first-order chi connectivity index (χ1) is 11.6. The van der Waals surface area contributed by atoms with Gasteiger partial charge in [0.2, 0.25) is 11.9 Å². The van der Waals surface area contributed by atoms with Crippen LogP contribution in [0.4, 0.5) is 5.95 Å². The minimum atomic E-state index is -0.0763. The van der Waals surface area contributed by atoms with E-state index in [9.17, 15) is 4.79 Å². The van der Waals surface area contributed by atoms with Crippen LogP contribution in [0.3, 0.4) is 0 Å². The number of likely N-dealkylation sites (N-methyl/N-ethyl adjacent to an activating group) is 1. The van der Waals surface area contributed by atoms with Crippen LogP contribution in [0.15, 0.2) is 18.5 Å². The third-order valence-corrected chi connectivity index (χ3v) is 3.85. The topological polar surface area (TPSA) is 89.3 Å². The maximum absolute atomic E-state index is 11.6. The largest absolute Gasteiger partial charge is 0.365 e. The quantitative estimate of drug-likeness (QED) is 0.766. The monoisotopic (exact) mass is 331 g/mol. The molecule has 0 atom stereocenters. The molecule has 1 aliphatic heterocycles. The van der Waals surface area contributed by atoms with Gasteiger partial charge in [0.1, 0.15) is 12.3 Å². The zero-order chi connectivity index (χ0) is 16.9. The molecule has 1 amide bonds. The summed E-state index contributed by atoms with van der Waals surface area (Å²) in [7, 11) is 3.40. The number of hydrogen-bond acceptors (Lipinski definition) is 7. The first-order valence-electron chi connectivity index (χ1n) is 7.86. The van der Waals surface area contributed by atoms with Crippen LogP contribution in [0.5, 0.6) is 0 Å². The summed E-state index contributed by atoms with van der Waals surface area (Å²) in [4.78, 5) is 23.8. The van der Waals surface area contributed by atoms with Crippen LogP contribution in [0.25, 0.3) is 0 Å². The normalized spacial score (nSPS) is 14.2. The van der Waals surface area contributed by atoms with Crippen molar-refractivity contribution in [1.82, 2.24) is 29.9 Å². The standard InChI is InChI=1S/C15H21N7O2/c1-20(2)14(23)11-24-10-12-13-9-21(15-16-5-3-6-17-15)7-4-8-22(13)19-18-12/h3,5-6H,4,7-11H2,1-2H3. The van der Waals surface area contributed by atoms with E-state index in [0.29, 0.717) is 12.5 Å². The highest BCUT2D eigenvalue weighted by atomic mass is 16.5. The molecule has 3 rings (SSSR count). The average molecular weight is 331 g/mol. The molecule has 9 heteroatoms. The molecule has 0 aliphatic carbocycles. The zero-order valence-electron chi connectivity index (χ0n) is 13.9. The van der Waals surface area contributed by atoms with Crippen molar-refractivity contribution in [2.75, 3.05) is 32.1 Å². The van der Waals surface area contributed by atoms with Gasteiger partial charge >= 0.3 is 0 Å². The number of rotatable bonds is 5. The molecule has 0 saturated heterocycles. The Morgan fingerprint density at radius 2 is 2.08 bits per heavy atom. The van der Waals surface area contributed by atoms with Gasteiger partial charge in [-0.3, -0.25) is 4.79 Å². The van der Waals surface area contributed by atoms with E-state index >= 15 is 0 Å². The van der Waals surface area contributed by atoms with Crippen molar-refractivity contribution in [3.63, 3.8) is 0 Å². The van der Waals surface area contributed by atoms with Crippen molar-refractivity contribution in [2.24, 2.45) is 0 Å². The molecule has 128 valence electrons. The molecule has 0 N–H and O–H groups in total. The number of ether oxygens (including phenoxy) is 1. The number of amides is 1. The second-order valence-corrected chi connectivity index (χ2v) is 5.81. The molecule has 9 nitrogen and oxygen atoms in total. The minimum Gasteiger partial charge on any atom is -0.365 e. The number of aryl methyl sites for hydroxylation is 1. The molecule has 0 radical (unpaired) electrons. The first-order valence-corrected chi connectivity index (χ1v) is 7.86. The molecule has 3 heterocycles. The molecule has 0 aromatic carbocycles. The molecule has 0 spiro atoms. The third kappa shape index (κ3) is 3.67. The number of nitrogens with zero attached hydrogens (tertiary/aromatic N) is 7. The molecular weight excluding hydrogens is 310 g/mol. The molecule has 0 saturated carbocycles. The summed E-state index contributed by atoms with van der Waals surface area (Å²) in [6.45, 7) is 2.57. The Balaban J connectivity index is 1.69. The lowest BCUT2D eigenvalue weighted by Gasteiger charge is -2.19. The van der Waals surface area contributed by atoms with Crippen LogP contribution >= 0.6 is 0 Å². The SMILES string of the molecule is CN(C)C(=O)COCc1nnn2c1CN(c1ncccn1)CCC2. The van der Waals surface area contributed by atoms with Crippen molar-refractivity contribution >= 4 is 11.9 Å². The highest BCUT2D eigenvalue weighted by Gasteiger charge is 2.21.